The maximum atomic E-state index is 6.17. The van der Waals surface area contributed by atoms with Crippen molar-refractivity contribution in [2.24, 2.45) is 5.16 Å². The van der Waals surface area contributed by atoms with E-state index < -0.39 is 0 Å². The number of methoxy groups -OCH3 is 1. The Morgan fingerprint density at radius 3 is 1.21 bits per heavy atom. The molecule has 4 nitrogen and oxygen atoms in total. The minimum absolute atomic E-state index is 0.138. The molecule has 0 aromatic rings. The second kappa shape index (κ2) is 33.9. The van der Waals surface area contributed by atoms with Gasteiger partial charge in [0.1, 0.15) is 6.10 Å². The van der Waals surface area contributed by atoms with Crippen molar-refractivity contribution < 1.29 is 14.3 Å². The Hall–Kier alpha value is -0.610. The highest BCUT2D eigenvalue weighted by molar-refractivity contribution is 5.56. The van der Waals surface area contributed by atoms with E-state index in [1.807, 2.05) is 6.21 Å². The van der Waals surface area contributed by atoms with Crippen LogP contribution >= 0.6 is 0 Å². The van der Waals surface area contributed by atoms with Gasteiger partial charge in [0.2, 0.25) is 0 Å². The predicted molar refractivity (Wildman–Crippen MR) is 209 cm³/mol. The van der Waals surface area contributed by atoms with Crippen LogP contribution in [0.15, 0.2) is 5.16 Å². The summed E-state index contributed by atoms with van der Waals surface area (Å²) >= 11 is 0. The molecule has 4 heteroatoms. The maximum Gasteiger partial charge on any atom is 0.127 e. The Labute approximate surface area is 296 Å². The number of nitrogens with zero attached hydrogens (tertiary/aromatic N) is 1. The summed E-state index contributed by atoms with van der Waals surface area (Å²) < 4.78 is 11.7. The molecule has 0 aliphatic rings. The van der Waals surface area contributed by atoms with Crippen molar-refractivity contribution in [3.63, 3.8) is 0 Å². The summed E-state index contributed by atoms with van der Waals surface area (Å²) in [6.45, 7) is 13.9. The SMILES string of the molecule is CCCCCCCCCCCCCCCC(CCCCCCCCCCCCCCC)O/N=C/CCC(C)(C)OCCC(C)(C)OC. The maximum absolute atomic E-state index is 6.17. The Bertz CT molecular complexity index is 617. The zero-order valence-electron chi connectivity index (χ0n) is 33.5. The van der Waals surface area contributed by atoms with E-state index in [2.05, 4.69) is 46.7 Å². The first-order valence-corrected chi connectivity index (χ1v) is 21.1. The van der Waals surface area contributed by atoms with Crippen LogP contribution in [0.2, 0.25) is 0 Å². The van der Waals surface area contributed by atoms with Gasteiger partial charge in [-0.3, -0.25) is 0 Å². The first-order valence-electron chi connectivity index (χ1n) is 21.1. The molecule has 0 radical (unpaired) electrons. The molecule has 0 atom stereocenters. The van der Waals surface area contributed by atoms with Crippen LogP contribution in [-0.2, 0) is 14.3 Å². The van der Waals surface area contributed by atoms with Crippen LogP contribution in [0.3, 0.4) is 0 Å². The number of ether oxygens (including phenoxy) is 2. The van der Waals surface area contributed by atoms with Crippen LogP contribution in [0.25, 0.3) is 0 Å². The summed E-state index contributed by atoms with van der Waals surface area (Å²) in [5.74, 6) is 0. The van der Waals surface area contributed by atoms with E-state index in [4.69, 9.17) is 14.3 Å². The van der Waals surface area contributed by atoms with Gasteiger partial charge in [0.25, 0.3) is 0 Å². The third kappa shape index (κ3) is 35.0. The van der Waals surface area contributed by atoms with Gasteiger partial charge in [-0.05, 0) is 72.6 Å². The van der Waals surface area contributed by atoms with Crippen molar-refractivity contribution in [1.82, 2.24) is 0 Å². The average Bonchev–Trinajstić information content (AvgIpc) is 3.04. The second-order valence-corrected chi connectivity index (χ2v) is 15.9. The molecule has 0 aromatic heterocycles. The summed E-state index contributed by atoms with van der Waals surface area (Å²) in [7, 11) is 1.77. The molecule has 0 amide bonds. The number of hydrogen-bond acceptors (Lipinski definition) is 4. The molecule has 0 rings (SSSR count). The molecule has 0 unspecified atom stereocenters. The smallest absolute Gasteiger partial charge is 0.127 e. The van der Waals surface area contributed by atoms with Gasteiger partial charge in [0.05, 0.1) is 17.8 Å². The van der Waals surface area contributed by atoms with Crippen LogP contribution in [0, 0.1) is 0 Å². The highest BCUT2D eigenvalue weighted by Crippen LogP contribution is 2.21. The van der Waals surface area contributed by atoms with E-state index in [0.29, 0.717) is 6.61 Å². The molecule has 0 N–H and O–H groups in total. The lowest BCUT2D eigenvalue weighted by molar-refractivity contribution is -0.0602. The van der Waals surface area contributed by atoms with Gasteiger partial charge >= 0.3 is 0 Å². The van der Waals surface area contributed by atoms with Gasteiger partial charge in [-0.2, -0.15) is 0 Å². The van der Waals surface area contributed by atoms with Gasteiger partial charge in [-0.25, -0.2) is 0 Å². The van der Waals surface area contributed by atoms with Crippen LogP contribution in [0.4, 0.5) is 0 Å². The molecule has 0 bridgehead atoms. The summed E-state index contributed by atoms with van der Waals surface area (Å²) in [5.41, 5.74) is -0.306. The van der Waals surface area contributed by atoms with E-state index in [9.17, 15) is 0 Å². The van der Waals surface area contributed by atoms with Crippen LogP contribution in [0.5, 0.6) is 0 Å². The Morgan fingerprint density at radius 1 is 0.489 bits per heavy atom. The lowest BCUT2D eigenvalue weighted by Gasteiger charge is -2.28. The second-order valence-electron chi connectivity index (χ2n) is 15.9. The van der Waals surface area contributed by atoms with Crippen molar-refractivity contribution in [2.75, 3.05) is 13.7 Å². The molecule has 282 valence electrons. The van der Waals surface area contributed by atoms with Crippen molar-refractivity contribution in [2.45, 2.75) is 258 Å². The van der Waals surface area contributed by atoms with E-state index in [1.165, 1.54) is 167 Å². The number of oxime groups is 1. The topological polar surface area (TPSA) is 40.0 Å². The fourth-order valence-corrected chi connectivity index (χ4v) is 6.37. The van der Waals surface area contributed by atoms with Crippen molar-refractivity contribution in [1.29, 1.82) is 0 Å². The normalized spacial score (nSPS) is 12.6. The molecule has 0 saturated heterocycles. The number of hydrogen-bond donors (Lipinski definition) is 0. The third-order valence-corrected chi connectivity index (χ3v) is 10.2. The summed E-state index contributed by atoms with van der Waals surface area (Å²) in [5, 5.41) is 4.47. The van der Waals surface area contributed by atoms with Crippen LogP contribution < -0.4 is 0 Å². The average molecular weight is 666 g/mol. The summed E-state index contributed by atoms with van der Waals surface area (Å²) in [4.78, 5) is 6.12. The molecule has 0 aliphatic heterocycles. The first kappa shape index (κ1) is 46.4. The molecule has 0 fully saturated rings. The molecule has 0 aromatic carbocycles. The van der Waals surface area contributed by atoms with Gasteiger partial charge in [-0.15, -0.1) is 0 Å². The van der Waals surface area contributed by atoms with Crippen molar-refractivity contribution in [3.05, 3.63) is 0 Å². The Balaban J connectivity index is 4.25. The monoisotopic (exact) mass is 666 g/mol. The fraction of sp³-hybridized carbons (Fsp3) is 0.977. The molecular formula is C43H87NO3. The van der Waals surface area contributed by atoms with E-state index in [-0.39, 0.29) is 17.3 Å². The molecular weight excluding hydrogens is 578 g/mol. The molecule has 0 spiro atoms. The van der Waals surface area contributed by atoms with Gasteiger partial charge < -0.3 is 14.3 Å². The number of unbranched alkanes of at least 4 members (excludes halogenated alkanes) is 24. The van der Waals surface area contributed by atoms with Gasteiger partial charge in [-0.1, -0.05) is 173 Å². The summed E-state index contributed by atoms with van der Waals surface area (Å²) in [6, 6.07) is 0. The van der Waals surface area contributed by atoms with Gasteiger partial charge in [0, 0.05) is 13.3 Å². The van der Waals surface area contributed by atoms with Crippen molar-refractivity contribution >= 4 is 6.21 Å². The zero-order valence-corrected chi connectivity index (χ0v) is 33.5. The van der Waals surface area contributed by atoms with Crippen molar-refractivity contribution in [3.8, 4) is 0 Å². The molecule has 0 heterocycles. The first-order chi connectivity index (χ1) is 22.8. The van der Waals surface area contributed by atoms with Crippen LogP contribution in [-0.4, -0.2) is 37.2 Å². The zero-order chi connectivity index (χ0) is 34.7. The Morgan fingerprint density at radius 2 is 0.851 bits per heavy atom. The van der Waals surface area contributed by atoms with E-state index in [1.54, 1.807) is 7.11 Å². The minimum Gasteiger partial charge on any atom is -0.393 e. The Kier molecular flexibility index (Phi) is 33.4. The highest BCUT2D eigenvalue weighted by Gasteiger charge is 2.21. The van der Waals surface area contributed by atoms with E-state index in [0.717, 1.165) is 32.1 Å². The molecule has 47 heavy (non-hydrogen) atoms. The molecule has 0 saturated carbocycles. The standard InChI is InChI=1S/C43H87NO3/c1-8-10-12-14-16-18-20-22-24-26-28-30-32-35-41(36-33-31-29-27-25-23-21-19-17-15-13-11-9-2)47-44-39-34-37-43(5,6)46-40-38-42(3,4)45-7/h39,41H,8-38,40H2,1-7H3/b44-39+. The predicted octanol–water partition coefficient (Wildman–Crippen LogP) is 14.7. The fourth-order valence-electron chi connectivity index (χ4n) is 6.37. The largest absolute Gasteiger partial charge is 0.393 e. The highest BCUT2D eigenvalue weighted by atomic mass is 16.6. The molecule has 0 aliphatic carbocycles. The number of rotatable bonds is 38. The van der Waals surface area contributed by atoms with Gasteiger partial charge in [0.15, 0.2) is 0 Å². The minimum atomic E-state index is -0.168. The third-order valence-electron chi connectivity index (χ3n) is 10.2. The van der Waals surface area contributed by atoms with E-state index >= 15 is 0 Å². The van der Waals surface area contributed by atoms with Crippen LogP contribution in [0.1, 0.15) is 241 Å². The summed E-state index contributed by atoms with van der Waals surface area (Å²) in [6.07, 6.45) is 43.7. The lowest BCUT2D eigenvalue weighted by Crippen LogP contribution is -2.30. The lowest BCUT2D eigenvalue weighted by atomic mass is 10.0. The quantitative estimate of drug-likeness (QED) is 0.0374.